The Labute approximate surface area is 196 Å². The van der Waals surface area contributed by atoms with E-state index in [1.54, 1.807) is 48.5 Å². The molecular weight excluding hydrogens is 450 g/mol. The smallest absolute Gasteiger partial charge is 0.123 e. The molecule has 0 unspecified atom stereocenters. The van der Waals surface area contributed by atoms with Crippen molar-refractivity contribution in [3.8, 4) is 23.0 Å². The maximum absolute atomic E-state index is 10.5. The predicted octanol–water partition coefficient (Wildman–Crippen LogP) is 4.46. The molecule has 168 valence electrons. The zero-order valence-corrected chi connectivity index (χ0v) is 19.8. The summed E-state index contributed by atoms with van der Waals surface area (Å²) in [6.45, 7) is 0. The lowest BCUT2D eigenvalue weighted by Gasteiger charge is -2.24. The molecule has 0 amide bonds. The Balaban J connectivity index is 1.64. The highest BCUT2D eigenvalue weighted by Crippen LogP contribution is 2.44. The molecule has 0 spiro atoms. The average molecular weight is 476 g/mol. The van der Waals surface area contributed by atoms with Crippen LogP contribution in [0.5, 0.6) is 23.0 Å². The Kier molecular flexibility index (Phi) is 7.50. The number of phenols is 4. The summed E-state index contributed by atoms with van der Waals surface area (Å²) >= 11 is 0. The summed E-state index contributed by atoms with van der Waals surface area (Å²) < 4.78 is 0. The summed E-state index contributed by atoms with van der Waals surface area (Å²) in [5.74, 6) is 0.928. The molecule has 4 aromatic carbocycles. The summed E-state index contributed by atoms with van der Waals surface area (Å²) in [6.07, 6.45) is 2.30. The first-order valence-electron chi connectivity index (χ1n) is 10.7. The largest absolute Gasteiger partial charge is 0.507 e. The third-order valence-corrected chi connectivity index (χ3v) is 10.8. The second-order valence-corrected chi connectivity index (χ2v) is 12.1. The van der Waals surface area contributed by atoms with E-state index in [0.717, 1.165) is 40.0 Å². The van der Waals surface area contributed by atoms with Crippen LogP contribution >= 0.6 is 15.8 Å². The van der Waals surface area contributed by atoms with Gasteiger partial charge in [-0.3, -0.25) is 0 Å². The predicted molar refractivity (Wildman–Crippen MR) is 139 cm³/mol. The van der Waals surface area contributed by atoms with E-state index < -0.39 is 15.8 Å². The first kappa shape index (κ1) is 23.1. The van der Waals surface area contributed by atoms with E-state index in [4.69, 9.17) is 0 Å². The quantitative estimate of drug-likeness (QED) is 0.283. The van der Waals surface area contributed by atoms with Crippen molar-refractivity contribution in [1.82, 2.24) is 0 Å². The molecule has 0 saturated heterocycles. The fourth-order valence-corrected chi connectivity index (χ4v) is 9.05. The van der Waals surface area contributed by atoms with Gasteiger partial charge in [0.1, 0.15) is 23.0 Å². The molecule has 4 N–H and O–H groups in total. The molecule has 0 aliphatic carbocycles. The van der Waals surface area contributed by atoms with Crippen molar-refractivity contribution >= 4 is 37.1 Å². The molecule has 4 nitrogen and oxygen atoms in total. The van der Waals surface area contributed by atoms with Gasteiger partial charge >= 0.3 is 0 Å². The van der Waals surface area contributed by atoms with Gasteiger partial charge in [-0.25, -0.2) is 0 Å². The topological polar surface area (TPSA) is 80.9 Å². The van der Waals surface area contributed by atoms with E-state index >= 15 is 0 Å². The Morgan fingerprint density at radius 2 is 0.636 bits per heavy atom. The highest BCUT2D eigenvalue weighted by Gasteiger charge is 2.23. The number of para-hydroxylation sites is 4. The molecule has 0 radical (unpaired) electrons. The lowest BCUT2D eigenvalue weighted by Crippen LogP contribution is -2.18. The van der Waals surface area contributed by atoms with Gasteiger partial charge in [0.25, 0.3) is 0 Å². The SMILES string of the molecule is Oc1ccccc1P(CCCP(c1ccccc1O)c1ccccc1O)c1ccccc1O. The monoisotopic (exact) mass is 476 g/mol. The van der Waals surface area contributed by atoms with Crippen molar-refractivity contribution in [2.75, 3.05) is 12.3 Å². The maximum atomic E-state index is 10.5. The molecule has 0 bridgehead atoms. The Hall–Kier alpha value is -3.06. The van der Waals surface area contributed by atoms with Crippen LogP contribution in [-0.4, -0.2) is 32.7 Å². The zero-order chi connectivity index (χ0) is 23.2. The molecule has 4 rings (SSSR count). The minimum Gasteiger partial charge on any atom is -0.507 e. The van der Waals surface area contributed by atoms with Crippen molar-refractivity contribution in [2.45, 2.75) is 6.42 Å². The van der Waals surface area contributed by atoms with Gasteiger partial charge in [0, 0.05) is 21.2 Å². The van der Waals surface area contributed by atoms with Gasteiger partial charge in [0.15, 0.2) is 0 Å². The number of rotatable bonds is 8. The standard InChI is InChI=1S/C27H26O4P2/c28-20-10-1-5-14-24(20)32(25-15-6-2-11-21(25)29)18-9-19-33(26-16-7-3-12-22(26)30)27-17-8-4-13-23(27)31/h1-8,10-17,28-31H,9,18-19H2. The van der Waals surface area contributed by atoms with Crippen LogP contribution in [0.2, 0.25) is 0 Å². The Morgan fingerprint density at radius 1 is 0.394 bits per heavy atom. The van der Waals surface area contributed by atoms with Gasteiger partial charge in [-0.1, -0.05) is 72.8 Å². The number of aromatic hydroxyl groups is 4. The second kappa shape index (κ2) is 10.7. The minimum atomic E-state index is -0.991. The summed E-state index contributed by atoms with van der Waals surface area (Å²) in [5.41, 5.74) is 0. The molecule has 4 aromatic rings. The summed E-state index contributed by atoms with van der Waals surface area (Å²) in [5, 5.41) is 45.5. The Bertz CT molecular complexity index is 1040. The number of hydrogen-bond acceptors (Lipinski definition) is 4. The first-order chi connectivity index (χ1) is 16.1. The van der Waals surface area contributed by atoms with E-state index in [0.29, 0.717) is 0 Å². The molecule has 0 heterocycles. The lowest BCUT2D eigenvalue weighted by molar-refractivity contribution is 0.478. The first-order valence-corrected chi connectivity index (χ1v) is 13.8. The fraction of sp³-hybridized carbons (Fsp3) is 0.111. The van der Waals surface area contributed by atoms with Crippen LogP contribution < -0.4 is 21.2 Å². The van der Waals surface area contributed by atoms with Crippen LogP contribution in [0.4, 0.5) is 0 Å². The van der Waals surface area contributed by atoms with E-state index in [-0.39, 0.29) is 23.0 Å². The third-order valence-electron chi connectivity index (χ3n) is 5.45. The average Bonchev–Trinajstić information content (AvgIpc) is 2.82. The van der Waals surface area contributed by atoms with Gasteiger partial charge < -0.3 is 20.4 Å². The number of phenolic OH excluding ortho intramolecular Hbond substituents is 4. The van der Waals surface area contributed by atoms with E-state index in [9.17, 15) is 20.4 Å². The molecule has 0 aliphatic heterocycles. The van der Waals surface area contributed by atoms with Crippen molar-refractivity contribution in [3.05, 3.63) is 97.1 Å². The van der Waals surface area contributed by atoms with Gasteiger partial charge in [0.05, 0.1) is 0 Å². The van der Waals surface area contributed by atoms with Crippen molar-refractivity contribution in [2.24, 2.45) is 0 Å². The number of benzene rings is 4. The summed E-state index contributed by atoms with van der Waals surface area (Å²) in [4.78, 5) is 0. The van der Waals surface area contributed by atoms with E-state index in [1.165, 1.54) is 0 Å². The number of hydrogen-bond donors (Lipinski definition) is 4. The molecule has 0 aliphatic rings. The van der Waals surface area contributed by atoms with Crippen LogP contribution in [0.3, 0.4) is 0 Å². The highest BCUT2D eigenvalue weighted by molar-refractivity contribution is 7.74. The second-order valence-electron chi connectivity index (χ2n) is 7.61. The highest BCUT2D eigenvalue weighted by atomic mass is 31.1. The van der Waals surface area contributed by atoms with E-state index in [1.807, 2.05) is 48.5 Å². The molecule has 0 aromatic heterocycles. The minimum absolute atomic E-state index is 0.232. The molecule has 0 fully saturated rings. The van der Waals surface area contributed by atoms with Crippen LogP contribution in [0.1, 0.15) is 6.42 Å². The van der Waals surface area contributed by atoms with Crippen molar-refractivity contribution < 1.29 is 20.4 Å². The van der Waals surface area contributed by atoms with Crippen LogP contribution in [-0.2, 0) is 0 Å². The molecule has 0 saturated carbocycles. The van der Waals surface area contributed by atoms with Crippen LogP contribution in [0.15, 0.2) is 97.1 Å². The lowest BCUT2D eigenvalue weighted by atomic mass is 10.3. The molecule has 6 heteroatoms. The van der Waals surface area contributed by atoms with Crippen molar-refractivity contribution in [3.63, 3.8) is 0 Å². The van der Waals surface area contributed by atoms with Crippen LogP contribution in [0, 0.1) is 0 Å². The molecule has 33 heavy (non-hydrogen) atoms. The summed E-state index contributed by atoms with van der Waals surface area (Å²) in [7, 11) is -1.98. The van der Waals surface area contributed by atoms with Gasteiger partial charge in [0.2, 0.25) is 0 Å². The molecular formula is C27H26O4P2. The van der Waals surface area contributed by atoms with Crippen molar-refractivity contribution in [1.29, 1.82) is 0 Å². The third kappa shape index (κ3) is 5.30. The molecule has 0 atom stereocenters. The van der Waals surface area contributed by atoms with Gasteiger partial charge in [-0.2, -0.15) is 0 Å². The Morgan fingerprint density at radius 3 is 0.879 bits per heavy atom. The maximum Gasteiger partial charge on any atom is 0.123 e. The summed E-state index contributed by atoms with van der Waals surface area (Å²) in [6, 6.07) is 29.2. The zero-order valence-electron chi connectivity index (χ0n) is 18.0. The van der Waals surface area contributed by atoms with E-state index in [2.05, 4.69) is 0 Å². The fourth-order valence-electron chi connectivity index (χ4n) is 3.90. The van der Waals surface area contributed by atoms with Gasteiger partial charge in [-0.15, -0.1) is 0 Å². The van der Waals surface area contributed by atoms with Gasteiger partial charge in [-0.05, 0) is 58.9 Å². The van der Waals surface area contributed by atoms with Crippen LogP contribution in [0.25, 0.3) is 0 Å². The normalized spacial score (nSPS) is 11.2.